The minimum Gasteiger partial charge on any atom is -0.463 e. The second kappa shape index (κ2) is 22.1. The summed E-state index contributed by atoms with van der Waals surface area (Å²) in [6.07, 6.45) is -22.3. The Morgan fingerprint density at radius 1 is 0.688 bits per heavy atom. The van der Waals surface area contributed by atoms with Gasteiger partial charge in [-0.3, -0.25) is 9.59 Å². The van der Waals surface area contributed by atoms with Gasteiger partial charge in [-0.2, -0.15) is 0 Å². The van der Waals surface area contributed by atoms with Gasteiger partial charge in [0.25, 0.3) is 0 Å². The van der Waals surface area contributed by atoms with Crippen molar-refractivity contribution in [2.75, 3.05) is 26.4 Å². The van der Waals surface area contributed by atoms with Crippen LogP contribution >= 0.6 is 0 Å². The molecule has 5 aliphatic carbocycles. The maximum atomic E-state index is 15.0. The van der Waals surface area contributed by atoms with Gasteiger partial charge in [-0.05, 0) is 99.2 Å². The third-order valence-electron chi connectivity index (χ3n) is 20.8. The molecule has 9 aliphatic rings. The first kappa shape index (κ1) is 59.3. The molecule has 0 aromatic rings. The van der Waals surface area contributed by atoms with E-state index >= 15 is 4.79 Å². The molecule has 0 amide bonds. The van der Waals surface area contributed by atoms with Crippen LogP contribution < -0.4 is 0 Å². The topological polar surface area (TPSA) is 360 Å². The minimum atomic E-state index is -1.91. The number of hydrogen-bond donors (Lipinski definition) is 12. The zero-order valence-corrected chi connectivity index (χ0v) is 44.8. The van der Waals surface area contributed by atoms with Crippen LogP contribution in [0.5, 0.6) is 0 Å². The van der Waals surface area contributed by atoms with Gasteiger partial charge in [-0.1, -0.05) is 51.5 Å². The molecule has 0 unspecified atom stereocenters. The van der Waals surface area contributed by atoms with Gasteiger partial charge in [0.1, 0.15) is 92.1 Å². The molecule has 0 radical (unpaired) electrons. The number of esters is 2. The summed E-state index contributed by atoms with van der Waals surface area (Å²) in [6, 6.07) is 0. The molecule has 28 atom stereocenters. The molecule has 4 saturated carbocycles. The first-order chi connectivity index (χ1) is 36.2. The maximum absolute atomic E-state index is 15.0. The van der Waals surface area contributed by atoms with E-state index in [4.69, 9.17) is 42.6 Å². The third-order valence-corrected chi connectivity index (χ3v) is 20.8. The summed E-state index contributed by atoms with van der Waals surface area (Å²) < 4.78 is 52.4. The van der Waals surface area contributed by atoms with Gasteiger partial charge in [-0.25, -0.2) is 0 Å². The molecule has 438 valence electrons. The highest BCUT2D eigenvalue weighted by atomic mass is 16.8. The lowest BCUT2D eigenvalue weighted by molar-refractivity contribution is -0.361. The fourth-order valence-corrected chi connectivity index (χ4v) is 15.9. The van der Waals surface area contributed by atoms with E-state index in [0.29, 0.717) is 44.9 Å². The summed E-state index contributed by atoms with van der Waals surface area (Å²) in [5.41, 5.74) is -0.547. The standard InChI is InChI=1S/C54H84O23/c1-23-10-15-54(17-16-52(6)26(27(54)18-23)8-9-32-50(4)13-12-33(75-46-40(64)35(59)28(57)19-70-46)51(5,22-55)31(50)11-14-53(32,52)7)49(68)77-48-42(66)38(62)36(60)29(73-48)20-71-45-43(67)39(63)44(30(74-45)21-69-25(3)56)76-47-41(65)37(61)34(58)24(2)72-47/h8,24,27-48,55,57-67H,1,9-22H2,2-7H3/t24-,27-,28-,29+,30+,31+,32+,33-,34-,35-,36+,37+,38-,39+,40+,41+,42+,43+,44+,45+,46-,47-,48-,50-,51-,52+,53+,54-/m0/s1. The van der Waals surface area contributed by atoms with Crippen LogP contribution in [0.2, 0.25) is 0 Å². The van der Waals surface area contributed by atoms with Crippen molar-refractivity contribution in [2.24, 2.45) is 44.8 Å². The number of allylic oxidation sites excluding steroid dienone is 3. The van der Waals surface area contributed by atoms with Crippen LogP contribution in [-0.4, -0.2) is 222 Å². The lowest BCUT2D eigenvalue weighted by Crippen LogP contribution is -2.66. The summed E-state index contributed by atoms with van der Waals surface area (Å²) in [5.74, 6) is -1.52. The number of carbonyl (C=O) groups is 2. The molecule has 0 bridgehead atoms. The lowest BCUT2D eigenvalue weighted by atomic mass is 9.34. The molecule has 0 aromatic heterocycles. The molecule has 23 nitrogen and oxygen atoms in total. The summed E-state index contributed by atoms with van der Waals surface area (Å²) >= 11 is 0. The smallest absolute Gasteiger partial charge is 0.315 e. The molecule has 4 heterocycles. The number of hydrogen-bond acceptors (Lipinski definition) is 23. The summed E-state index contributed by atoms with van der Waals surface area (Å²) in [6.45, 7) is 14.4. The number of aliphatic hydroxyl groups excluding tert-OH is 12. The Morgan fingerprint density at radius 3 is 2.05 bits per heavy atom. The van der Waals surface area contributed by atoms with E-state index in [0.717, 1.165) is 37.3 Å². The van der Waals surface area contributed by atoms with Crippen LogP contribution in [0.1, 0.15) is 106 Å². The van der Waals surface area contributed by atoms with Crippen molar-refractivity contribution in [3.63, 3.8) is 0 Å². The Labute approximate surface area is 448 Å². The van der Waals surface area contributed by atoms with Crippen molar-refractivity contribution >= 4 is 11.9 Å². The monoisotopic (exact) mass is 1100 g/mol. The lowest BCUT2D eigenvalue weighted by Gasteiger charge is -2.71. The summed E-state index contributed by atoms with van der Waals surface area (Å²) in [7, 11) is 0. The third kappa shape index (κ3) is 9.98. The molecular formula is C54H84O23. The first-order valence-corrected chi connectivity index (χ1v) is 27.5. The number of carbonyl (C=O) groups excluding carboxylic acids is 2. The molecule has 4 saturated heterocycles. The fraction of sp³-hybridized carbons (Fsp3) is 0.889. The van der Waals surface area contributed by atoms with Crippen LogP contribution in [0.4, 0.5) is 0 Å². The van der Waals surface area contributed by atoms with Crippen LogP contribution in [0, 0.1) is 44.8 Å². The van der Waals surface area contributed by atoms with Crippen molar-refractivity contribution in [1.29, 1.82) is 0 Å². The van der Waals surface area contributed by atoms with Crippen molar-refractivity contribution < 1.29 is 113 Å². The summed E-state index contributed by atoms with van der Waals surface area (Å²) in [5, 5.41) is 130. The first-order valence-electron chi connectivity index (χ1n) is 27.5. The van der Waals surface area contributed by atoms with E-state index < -0.39 is 159 Å². The largest absolute Gasteiger partial charge is 0.463 e. The normalized spacial score (nSPS) is 52.9. The van der Waals surface area contributed by atoms with Crippen LogP contribution in [0.25, 0.3) is 0 Å². The van der Waals surface area contributed by atoms with E-state index in [1.54, 1.807) is 0 Å². The number of aliphatic hydroxyl groups is 12. The van der Waals surface area contributed by atoms with Gasteiger partial charge >= 0.3 is 11.9 Å². The predicted molar refractivity (Wildman–Crippen MR) is 262 cm³/mol. The van der Waals surface area contributed by atoms with Crippen LogP contribution in [-0.2, 0) is 52.2 Å². The molecule has 9 rings (SSSR count). The molecular weight excluding hydrogens is 1020 g/mol. The highest BCUT2D eigenvalue weighted by molar-refractivity contribution is 5.79. The second-order valence-electron chi connectivity index (χ2n) is 24.9. The predicted octanol–water partition coefficient (Wildman–Crippen LogP) is -1.30. The molecule has 77 heavy (non-hydrogen) atoms. The highest BCUT2D eigenvalue weighted by Crippen LogP contribution is 2.75. The number of fused-ring (bicyclic) bond motifs is 7. The van der Waals surface area contributed by atoms with Crippen molar-refractivity contribution in [2.45, 2.75) is 229 Å². The molecule has 8 fully saturated rings. The van der Waals surface area contributed by atoms with Gasteiger partial charge in [0, 0.05) is 18.3 Å². The van der Waals surface area contributed by atoms with Crippen molar-refractivity contribution in [1.82, 2.24) is 0 Å². The Morgan fingerprint density at radius 2 is 1.35 bits per heavy atom. The number of rotatable bonds is 12. The van der Waals surface area contributed by atoms with Gasteiger partial charge in [0.2, 0.25) is 6.29 Å². The van der Waals surface area contributed by atoms with Crippen LogP contribution in [0.15, 0.2) is 23.8 Å². The molecule has 0 spiro atoms. The Hall–Kier alpha value is -2.34. The average Bonchev–Trinajstić information content (AvgIpc) is 3.30. The van der Waals surface area contributed by atoms with Crippen molar-refractivity contribution in [3.8, 4) is 0 Å². The van der Waals surface area contributed by atoms with E-state index in [9.17, 15) is 66.1 Å². The average molecular weight is 1100 g/mol. The molecule has 4 aliphatic heterocycles. The number of ether oxygens (including phenoxy) is 9. The molecule has 23 heteroatoms. The Balaban J connectivity index is 0.895. The van der Waals surface area contributed by atoms with E-state index in [1.165, 1.54) is 6.92 Å². The molecule has 0 aromatic carbocycles. The van der Waals surface area contributed by atoms with Gasteiger partial charge in [0.05, 0.1) is 37.4 Å². The zero-order valence-electron chi connectivity index (χ0n) is 44.8. The highest BCUT2D eigenvalue weighted by Gasteiger charge is 2.70. The van der Waals surface area contributed by atoms with Gasteiger partial charge < -0.3 is 104 Å². The van der Waals surface area contributed by atoms with Gasteiger partial charge in [0.15, 0.2) is 18.9 Å². The van der Waals surface area contributed by atoms with E-state index in [1.807, 2.05) is 6.92 Å². The quantitative estimate of drug-likeness (QED) is 0.0614. The summed E-state index contributed by atoms with van der Waals surface area (Å²) in [4.78, 5) is 26.9. The van der Waals surface area contributed by atoms with Gasteiger partial charge in [-0.15, -0.1) is 0 Å². The van der Waals surface area contributed by atoms with Crippen molar-refractivity contribution in [3.05, 3.63) is 23.8 Å². The Kier molecular flexibility index (Phi) is 17.0. The second-order valence-corrected chi connectivity index (χ2v) is 24.9. The van der Waals surface area contributed by atoms with E-state index in [2.05, 4.69) is 33.4 Å². The SMILES string of the molecule is C=C1CC[C@]2(C(=O)O[C@@H]3O[C@H](CO[C@@H]4O[C@H](COC(C)=O)[C@@H](O[C@@H]5O[C@@H](C)[C@H](O)[C@@H](O)[C@H]5O)[C@H](O)[C@H]4O)[C@@H](O)[C@H](O)[C@H]3O)CC[C@]3(C)C(=CC[C@@H]4[C@@]5(C)CC[C@H](O[C@@H]6OC[C@H](O)[C@H](O)[C@H]6O)[C@@](C)(CO)[C@@H]5CC[C@]43C)[C@@H]2C1. The fourth-order valence-electron chi connectivity index (χ4n) is 15.9. The van der Waals surface area contributed by atoms with E-state index in [-0.39, 0.29) is 47.2 Å². The van der Waals surface area contributed by atoms with Crippen LogP contribution in [0.3, 0.4) is 0 Å². The maximum Gasteiger partial charge on any atom is 0.315 e. The Bertz CT molecular complexity index is 2180. The zero-order chi connectivity index (χ0) is 56.1. The molecule has 12 N–H and O–H groups in total. The minimum absolute atomic E-state index is 0.0158.